The first-order chi connectivity index (χ1) is 21.7. The largest absolute Gasteiger partial charge is 0.495 e. The monoisotopic (exact) mass is 621 g/mol. The molecule has 4 aromatic rings. The number of H-pyrrole nitrogens is 1. The van der Waals surface area contributed by atoms with Crippen LogP contribution < -0.4 is 24.2 Å². The zero-order chi connectivity index (χ0) is 33.0. The number of fused-ring (bicyclic) bond motifs is 1. The highest BCUT2D eigenvalue weighted by Crippen LogP contribution is 2.45. The third-order valence-electron chi connectivity index (χ3n) is 7.68. The summed E-state index contributed by atoms with van der Waals surface area (Å²) < 4.78 is 105. The van der Waals surface area contributed by atoms with Gasteiger partial charge in [-0.1, -0.05) is 5.16 Å². The van der Waals surface area contributed by atoms with Crippen LogP contribution in [-0.4, -0.2) is 76.0 Å². The number of benzene rings is 2. The van der Waals surface area contributed by atoms with Gasteiger partial charge in [-0.25, -0.2) is 17.2 Å². The number of nitrogens with one attached hydrogen (secondary N) is 3. The first-order valence-corrected chi connectivity index (χ1v) is 14.9. The van der Waals surface area contributed by atoms with Crippen molar-refractivity contribution >= 4 is 38.3 Å². The lowest BCUT2D eigenvalue weighted by molar-refractivity contribution is -0.0713. The molecule has 1 aliphatic carbocycles. The van der Waals surface area contributed by atoms with Gasteiger partial charge >= 0.3 is 0 Å². The lowest BCUT2D eigenvalue weighted by atomic mass is 9.87. The summed E-state index contributed by atoms with van der Waals surface area (Å²) in [6, 6.07) is 7.35. The molecule has 2 aromatic heterocycles. The molecule has 43 heavy (non-hydrogen) atoms. The fourth-order valence-electron chi connectivity index (χ4n) is 5.24. The molecule has 0 bridgehead atoms. The highest BCUT2D eigenvalue weighted by molar-refractivity contribution is 7.93. The van der Waals surface area contributed by atoms with Crippen molar-refractivity contribution in [3.63, 3.8) is 0 Å². The third kappa shape index (κ3) is 5.54. The number of rotatable bonds is 10. The van der Waals surface area contributed by atoms with E-state index < -0.39 is 46.7 Å². The molecule has 1 saturated heterocycles. The minimum Gasteiger partial charge on any atom is -0.495 e. The van der Waals surface area contributed by atoms with Crippen LogP contribution in [0.5, 0.6) is 17.2 Å². The summed E-state index contributed by atoms with van der Waals surface area (Å²) in [4.78, 5) is 0.519. The predicted molar refractivity (Wildman–Crippen MR) is 155 cm³/mol. The van der Waals surface area contributed by atoms with Crippen LogP contribution in [0.25, 0.3) is 11.0 Å². The van der Waals surface area contributed by atoms with Crippen LogP contribution in [0.1, 0.15) is 46.5 Å². The summed E-state index contributed by atoms with van der Waals surface area (Å²) in [6.45, 7) is -3.37. The van der Waals surface area contributed by atoms with Crippen LogP contribution in [0, 0.1) is 0 Å². The van der Waals surface area contributed by atoms with E-state index in [4.69, 9.17) is 22.8 Å². The van der Waals surface area contributed by atoms with Gasteiger partial charge in [-0.15, -0.1) is 0 Å². The summed E-state index contributed by atoms with van der Waals surface area (Å²) in [5, 5.41) is 14.6. The second kappa shape index (κ2) is 10.9. The maximum Gasteiger partial charge on any atom is 0.270 e. The quantitative estimate of drug-likeness (QED) is 0.220. The van der Waals surface area contributed by atoms with Crippen molar-refractivity contribution < 1.29 is 40.0 Å². The van der Waals surface area contributed by atoms with Crippen molar-refractivity contribution in [3.8, 4) is 17.2 Å². The normalized spacial score (nSPS) is 20.2. The fraction of sp³-hybridized carbons (Fsp3) is 0.429. The number of aromatic nitrogens is 3. The summed E-state index contributed by atoms with van der Waals surface area (Å²) >= 11 is 0. The first kappa shape index (κ1) is 25.4. The Morgan fingerprint density at radius 2 is 1.81 bits per heavy atom. The molecule has 0 radical (unpaired) electrons. The van der Waals surface area contributed by atoms with Crippen molar-refractivity contribution in [1.29, 1.82) is 0 Å². The van der Waals surface area contributed by atoms with Crippen LogP contribution in [0.2, 0.25) is 0 Å². The van der Waals surface area contributed by atoms with Crippen molar-refractivity contribution in [2.75, 3.05) is 51.4 Å². The van der Waals surface area contributed by atoms with Gasteiger partial charge in [-0.2, -0.15) is 5.10 Å². The number of piperidine rings is 1. The topological polar surface area (TPSA) is 144 Å². The van der Waals surface area contributed by atoms with Gasteiger partial charge in [0.15, 0.2) is 22.1 Å². The second-order valence-electron chi connectivity index (χ2n) is 10.6. The molecule has 1 saturated carbocycles. The van der Waals surface area contributed by atoms with Crippen LogP contribution in [-0.2, 0) is 10.0 Å². The smallest absolute Gasteiger partial charge is 0.270 e. The van der Waals surface area contributed by atoms with Gasteiger partial charge in [0.25, 0.3) is 15.9 Å². The number of anilines is 3. The number of likely N-dealkylation sites (tertiary alicyclic amines) is 1. The van der Waals surface area contributed by atoms with E-state index in [1.807, 2.05) is 6.07 Å². The van der Waals surface area contributed by atoms with Crippen molar-refractivity contribution in [1.82, 2.24) is 20.3 Å². The van der Waals surface area contributed by atoms with E-state index >= 15 is 8.78 Å². The number of methoxy groups -OCH3 is 3. The molecule has 1 atom stereocenters. The summed E-state index contributed by atoms with van der Waals surface area (Å²) in [6.07, 6.45) is 1.53. The van der Waals surface area contributed by atoms with E-state index in [2.05, 4.69) is 25.4 Å². The molecule has 0 amide bonds. The number of sulfonamides is 1. The van der Waals surface area contributed by atoms with Gasteiger partial charge in [0.2, 0.25) is 0 Å². The fourth-order valence-corrected chi connectivity index (χ4v) is 6.56. The molecule has 15 heteroatoms. The van der Waals surface area contributed by atoms with Crippen LogP contribution in [0.3, 0.4) is 0 Å². The van der Waals surface area contributed by atoms with Crippen LogP contribution >= 0.6 is 0 Å². The van der Waals surface area contributed by atoms with E-state index in [0.29, 0.717) is 23.2 Å². The number of aromatic amines is 1. The third-order valence-corrected chi connectivity index (χ3v) is 9.08. The number of alkyl halides is 2. The zero-order valence-electron chi connectivity index (χ0n) is 26.5. The Balaban J connectivity index is 1.32. The van der Waals surface area contributed by atoms with Crippen LogP contribution in [0.15, 0.2) is 39.8 Å². The molecular weight excluding hydrogens is 586 g/mol. The van der Waals surface area contributed by atoms with Gasteiger partial charge in [0.1, 0.15) is 17.2 Å². The molecule has 12 nitrogen and oxygen atoms in total. The highest BCUT2D eigenvalue weighted by atomic mass is 32.2. The second-order valence-corrected chi connectivity index (χ2v) is 12.2. The lowest BCUT2D eigenvalue weighted by Crippen LogP contribution is -2.43. The Kier molecular flexibility index (Phi) is 6.42. The van der Waals surface area contributed by atoms with Crippen molar-refractivity contribution in [2.24, 2.45) is 0 Å². The molecule has 2 fully saturated rings. The molecule has 1 aliphatic heterocycles. The Morgan fingerprint density at radius 3 is 2.47 bits per heavy atom. The van der Waals surface area contributed by atoms with E-state index in [-0.39, 0.29) is 40.4 Å². The summed E-state index contributed by atoms with van der Waals surface area (Å²) in [5.74, 6) is -4.17. The minimum absolute atomic E-state index is 0.0376. The summed E-state index contributed by atoms with van der Waals surface area (Å²) in [7, 11) is -0.709. The number of nitrogens with zero attached hydrogens (tertiary/aromatic N) is 3. The van der Waals surface area contributed by atoms with Crippen LogP contribution in [0.4, 0.5) is 26.1 Å². The standard InChI is InChI=1S/C28H32F2N6O6S/c1-36-8-7-28(29,30)18(14-36)16-9-23(40-3)26(24(10-16)41-4)43(37,38)35-27-17-11-22(39-2)20(12-21(17)42-34-27)31-25-13-19(32-33-25)15-5-6-15/h9-13,15,18H,5-8,14H2,1-4H3,(H,34,35)(H2,31,32,33)/i1D3. The molecule has 3 N–H and O–H groups in total. The minimum atomic E-state index is -4.53. The summed E-state index contributed by atoms with van der Waals surface area (Å²) in [5.41, 5.74) is 1.73. The molecule has 0 spiro atoms. The average molecular weight is 622 g/mol. The molecule has 6 rings (SSSR count). The number of likely N-dealkylation sites (N-methyl/N-ethyl adjacent to an activating group) is 1. The molecule has 1 unspecified atom stereocenters. The van der Waals surface area contributed by atoms with E-state index in [9.17, 15) is 8.42 Å². The Labute approximate surface area is 250 Å². The molecule has 2 aliphatic rings. The van der Waals surface area contributed by atoms with E-state index in [1.54, 1.807) is 12.1 Å². The van der Waals surface area contributed by atoms with Gasteiger partial charge < -0.3 is 29.0 Å². The molecular formula is C28H32F2N6O6S. The van der Waals surface area contributed by atoms with Gasteiger partial charge in [-0.3, -0.25) is 9.82 Å². The highest BCUT2D eigenvalue weighted by Gasteiger charge is 2.45. The number of hydrogen-bond acceptors (Lipinski definition) is 10. The molecule has 230 valence electrons. The Bertz CT molecular complexity index is 1850. The first-order valence-electron chi connectivity index (χ1n) is 15.0. The molecule has 3 heterocycles. The van der Waals surface area contributed by atoms with Gasteiger partial charge in [0.05, 0.1) is 38.3 Å². The Morgan fingerprint density at radius 1 is 1.09 bits per heavy atom. The van der Waals surface area contributed by atoms with Gasteiger partial charge in [0, 0.05) is 47.4 Å². The van der Waals surface area contributed by atoms with Crippen molar-refractivity contribution in [3.05, 3.63) is 41.6 Å². The number of ether oxygens (including phenoxy) is 3. The predicted octanol–water partition coefficient (Wildman–Crippen LogP) is 5.05. The number of halogens is 2. The van der Waals surface area contributed by atoms with E-state index in [0.717, 1.165) is 35.6 Å². The Hall–Kier alpha value is -4.11. The molecule has 2 aromatic carbocycles. The maximum atomic E-state index is 15.1. The maximum absolute atomic E-state index is 15.1. The average Bonchev–Trinajstić information content (AvgIpc) is 3.64. The SMILES string of the molecule is [2H]C([2H])([2H])N1CCC(F)(F)C(c2cc(OC)c(S(=O)(=O)Nc3noc4cc(Nc5cc(C6CC6)[nH]n5)c(OC)cc34)c(OC)c2)C1. The number of hydrogen-bond donors (Lipinski definition) is 3. The van der Waals surface area contributed by atoms with E-state index in [1.165, 1.54) is 21.3 Å². The van der Waals surface area contributed by atoms with Gasteiger partial charge in [-0.05, 0) is 43.6 Å². The lowest BCUT2D eigenvalue weighted by Gasteiger charge is -2.37. The van der Waals surface area contributed by atoms with Crippen molar-refractivity contribution in [2.45, 2.75) is 41.9 Å². The zero-order valence-corrected chi connectivity index (χ0v) is 24.3.